The molecular weight excluding hydrogens is 318 g/mol. The third-order valence-corrected chi connectivity index (χ3v) is 4.34. The van der Waals surface area contributed by atoms with Crippen LogP contribution in [0, 0.1) is 13.8 Å². The molecule has 0 spiro atoms. The van der Waals surface area contributed by atoms with Crippen molar-refractivity contribution in [3.05, 3.63) is 41.5 Å². The molecule has 0 aliphatic rings. The molecule has 0 aliphatic heterocycles. The van der Waals surface area contributed by atoms with Gasteiger partial charge in [0, 0.05) is 25.4 Å². The third kappa shape index (κ3) is 4.75. The van der Waals surface area contributed by atoms with Gasteiger partial charge in [0.2, 0.25) is 5.91 Å². The molecule has 0 saturated heterocycles. The van der Waals surface area contributed by atoms with Crippen LogP contribution in [0.5, 0.6) is 11.5 Å². The number of carbonyl (C=O) groups excluding carboxylic acids is 1. The fourth-order valence-electron chi connectivity index (χ4n) is 2.90. The molecule has 0 bridgehead atoms. The molecule has 25 heavy (non-hydrogen) atoms. The zero-order chi connectivity index (χ0) is 18.4. The van der Waals surface area contributed by atoms with Crippen LogP contribution in [0.4, 0.5) is 0 Å². The van der Waals surface area contributed by atoms with Crippen molar-refractivity contribution in [1.82, 2.24) is 14.9 Å². The molecule has 0 aliphatic carbocycles. The first kappa shape index (κ1) is 18.8. The highest BCUT2D eigenvalue weighted by atomic mass is 16.5. The van der Waals surface area contributed by atoms with E-state index >= 15 is 0 Å². The lowest BCUT2D eigenvalue weighted by molar-refractivity contribution is -0.121. The van der Waals surface area contributed by atoms with Gasteiger partial charge in [0.05, 0.1) is 20.3 Å². The topological polar surface area (TPSA) is 65.4 Å². The zero-order valence-electron chi connectivity index (χ0n) is 15.6. The van der Waals surface area contributed by atoms with E-state index in [-0.39, 0.29) is 11.9 Å². The molecule has 2 aromatic rings. The van der Waals surface area contributed by atoms with Crippen molar-refractivity contribution in [3.63, 3.8) is 0 Å². The van der Waals surface area contributed by atoms with E-state index in [9.17, 15) is 4.79 Å². The van der Waals surface area contributed by atoms with Crippen molar-refractivity contribution >= 4 is 5.91 Å². The standard InChI is InChI=1S/C19H27N3O3/c1-13-11-17(24-4)18(25-5)12-16(13)14(2)21-19(23)7-6-9-22-10-8-20-15(22)3/h8,10-12,14H,6-7,9H2,1-5H3,(H,21,23)/t14-/m0/s1. The number of benzene rings is 1. The second-order valence-corrected chi connectivity index (χ2v) is 6.12. The molecule has 1 N–H and O–H groups in total. The average molecular weight is 345 g/mol. The maximum absolute atomic E-state index is 12.2. The van der Waals surface area contributed by atoms with Crippen molar-refractivity contribution in [2.75, 3.05) is 14.2 Å². The third-order valence-electron chi connectivity index (χ3n) is 4.34. The summed E-state index contributed by atoms with van der Waals surface area (Å²) in [4.78, 5) is 16.4. The largest absolute Gasteiger partial charge is 0.493 e. The number of hydrogen-bond acceptors (Lipinski definition) is 4. The van der Waals surface area contributed by atoms with E-state index in [1.807, 2.05) is 39.1 Å². The molecule has 6 nitrogen and oxygen atoms in total. The number of carbonyl (C=O) groups is 1. The highest BCUT2D eigenvalue weighted by Gasteiger charge is 2.15. The number of hydrogen-bond donors (Lipinski definition) is 1. The van der Waals surface area contributed by atoms with Crippen LogP contribution >= 0.6 is 0 Å². The van der Waals surface area contributed by atoms with Gasteiger partial charge < -0.3 is 19.4 Å². The maximum Gasteiger partial charge on any atom is 0.220 e. The summed E-state index contributed by atoms with van der Waals surface area (Å²) in [5, 5.41) is 3.06. The van der Waals surface area contributed by atoms with Crippen molar-refractivity contribution < 1.29 is 14.3 Å². The molecule has 1 heterocycles. The number of nitrogens with zero attached hydrogens (tertiary/aromatic N) is 2. The SMILES string of the molecule is COc1cc(C)c([C@H](C)NC(=O)CCCn2ccnc2C)cc1OC. The molecule has 1 amide bonds. The van der Waals surface area contributed by atoms with E-state index in [4.69, 9.17) is 9.47 Å². The minimum Gasteiger partial charge on any atom is -0.493 e. The number of methoxy groups -OCH3 is 2. The normalized spacial score (nSPS) is 11.9. The molecule has 1 aromatic carbocycles. The van der Waals surface area contributed by atoms with Gasteiger partial charge >= 0.3 is 0 Å². The van der Waals surface area contributed by atoms with Crippen molar-refractivity contribution in [2.24, 2.45) is 0 Å². The van der Waals surface area contributed by atoms with Crippen LogP contribution in [-0.2, 0) is 11.3 Å². The first-order valence-electron chi connectivity index (χ1n) is 8.45. The van der Waals surface area contributed by atoms with Gasteiger partial charge in [0.25, 0.3) is 0 Å². The summed E-state index contributed by atoms with van der Waals surface area (Å²) in [5.74, 6) is 2.37. The molecule has 0 radical (unpaired) electrons. The van der Waals surface area contributed by atoms with E-state index < -0.39 is 0 Å². The Balaban J connectivity index is 1.93. The Bertz CT molecular complexity index is 725. The van der Waals surface area contributed by atoms with Crippen LogP contribution in [-0.4, -0.2) is 29.7 Å². The Morgan fingerprint density at radius 3 is 2.52 bits per heavy atom. The molecule has 0 saturated carbocycles. The maximum atomic E-state index is 12.2. The summed E-state index contributed by atoms with van der Waals surface area (Å²) in [5.41, 5.74) is 2.08. The van der Waals surface area contributed by atoms with Crippen LogP contribution in [0.3, 0.4) is 0 Å². The van der Waals surface area contributed by atoms with Crippen LogP contribution in [0.1, 0.15) is 42.8 Å². The lowest BCUT2D eigenvalue weighted by Gasteiger charge is -2.19. The summed E-state index contributed by atoms with van der Waals surface area (Å²) >= 11 is 0. The lowest BCUT2D eigenvalue weighted by atomic mass is 10.0. The number of imidazole rings is 1. The second-order valence-electron chi connectivity index (χ2n) is 6.12. The number of ether oxygens (including phenoxy) is 2. The van der Waals surface area contributed by atoms with E-state index in [0.29, 0.717) is 17.9 Å². The van der Waals surface area contributed by atoms with E-state index in [0.717, 1.165) is 29.9 Å². The molecule has 2 rings (SSSR count). The van der Waals surface area contributed by atoms with E-state index in [1.54, 1.807) is 20.4 Å². The Hall–Kier alpha value is -2.50. The lowest BCUT2D eigenvalue weighted by Crippen LogP contribution is -2.27. The number of rotatable bonds is 8. The number of nitrogens with one attached hydrogen (secondary N) is 1. The van der Waals surface area contributed by atoms with Gasteiger partial charge in [-0.2, -0.15) is 0 Å². The first-order chi connectivity index (χ1) is 12.0. The second kappa shape index (κ2) is 8.55. The summed E-state index contributed by atoms with van der Waals surface area (Å²) in [6.07, 6.45) is 4.97. The minimum atomic E-state index is -0.0951. The van der Waals surface area contributed by atoms with E-state index in [1.165, 1.54) is 0 Å². The van der Waals surface area contributed by atoms with Crippen molar-refractivity contribution in [2.45, 2.75) is 46.2 Å². The van der Waals surface area contributed by atoms with Gasteiger partial charge in [0.1, 0.15) is 5.82 Å². The van der Waals surface area contributed by atoms with Gasteiger partial charge in [-0.25, -0.2) is 4.98 Å². The van der Waals surface area contributed by atoms with Gasteiger partial charge in [-0.1, -0.05) is 0 Å². The Morgan fingerprint density at radius 1 is 1.24 bits per heavy atom. The van der Waals surface area contributed by atoms with Gasteiger partial charge in [0.15, 0.2) is 11.5 Å². The molecular formula is C19H27N3O3. The Kier molecular flexibility index (Phi) is 6.44. The predicted molar refractivity (Wildman–Crippen MR) is 97.0 cm³/mol. The highest BCUT2D eigenvalue weighted by molar-refractivity contribution is 5.76. The number of aryl methyl sites for hydroxylation is 3. The molecule has 6 heteroatoms. The van der Waals surface area contributed by atoms with Crippen LogP contribution in [0.15, 0.2) is 24.5 Å². The predicted octanol–water partition coefficient (Wildman–Crippen LogP) is 3.17. The molecule has 136 valence electrons. The van der Waals surface area contributed by atoms with Gasteiger partial charge in [-0.3, -0.25) is 4.79 Å². The number of aromatic nitrogens is 2. The summed E-state index contributed by atoms with van der Waals surface area (Å²) in [6, 6.07) is 3.76. The molecule has 0 fully saturated rings. The number of amides is 1. The average Bonchev–Trinajstić information content (AvgIpc) is 2.99. The van der Waals surface area contributed by atoms with Gasteiger partial charge in [-0.05, 0) is 50.5 Å². The van der Waals surface area contributed by atoms with E-state index in [2.05, 4.69) is 14.9 Å². The van der Waals surface area contributed by atoms with Crippen LogP contribution in [0.25, 0.3) is 0 Å². The fraction of sp³-hybridized carbons (Fsp3) is 0.474. The highest BCUT2D eigenvalue weighted by Crippen LogP contribution is 2.32. The first-order valence-corrected chi connectivity index (χ1v) is 8.45. The zero-order valence-corrected chi connectivity index (χ0v) is 15.6. The van der Waals surface area contributed by atoms with Crippen LogP contribution in [0.2, 0.25) is 0 Å². The van der Waals surface area contributed by atoms with Gasteiger partial charge in [-0.15, -0.1) is 0 Å². The quantitative estimate of drug-likeness (QED) is 0.798. The fourth-order valence-corrected chi connectivity index (χ4v) is 2.90. The Morgan fingerprint density at radius 2 is 1.92 bits per heavy atom. The minimum absolute atomic E-state index is 0.0412. The Labute approximate surface area is 149 Å². The van der Waals surface area contributed by atoms with Crippen molar-refractivity contribution in [1.29, 1.82) is 0 Å². The summed E-state index contributed by atoms with van der Waals surface area (Å²) in [6.45, 7) is 6.74. The smallest absolute Gasteiger partial charge is 0.220 e. The molecule has 1 atom stereocenters. The summed E-state index contributed by atoms with van der Waals surface area (Å²) in [7, 11) is 3.22. The van der Waals surface area contributed by atoms with Crippen LogP contribution < -0.4 is 14.8 Å². The molecule has 0 unspecified atom stereocenters. The van der Waals surface area contributed by atoms with Crippen molar-refractivity contribution in [3.8, 4) is 11.5 Å². The summed E-state index contributed by atoms with van der Waals surface area (Å²) < 4.78 is 12.7. The monoisotopic (exact) mass is 345 g/mol. The molecule has 1 aromatic heterocycles.